The first kappa shape index (κ1) is 19.5. The monoisotopic (exact) mass is 354 g/mol. The molecule has 26 heavy (non-hydrogen) atoms. The van der Waals surface area contributed by atoms with Crippen molar-refractivity contribution in [1.29, 1.82) is 0 Å². The van der Waals surface area contributed by atoms with Crippen LogP contribution in [0.15, 0.2) is 48.5 Å². The van der Waals surface area contributed by atoms with Crippen molar-refractivity contribution in [3.05, 3.63) is 65.2 Å². The summed E-state index contributed by atoms with van der Waals surface area (Å²) in [5.41, 5.74) is 3.19. The number of methoxy groups -OCH3 is 1. The fourth-order valence-corrected chi connectivity index (χ4v) is 2.69. The van der Waals surface area contributed by atoms with E-state index < -0.39 is 0 Å². The predicted octanol–water partition coefficient (Wildman–Crippen LogP) is 2.93. The number of amides is 2. The normalized spacial score (nSPS) is 11.5. The van der Waals surface area contributed by atoms with Crippen molar-refractivity contribution in [2.45, 2.75) is 32.7 Å². The number of hydrogen-bond acceptors (Lipinski definition) is 3. The molecule has 0 aliphatic heterocycles. The van der Waals surface area contributed by atoms with Crippen molar-refractivity contribution in [3.8, 4) is 5.75 Å². The van der Waals surface area contributed by atoms with Crippen molar-refractivity contribution < 1.29 is 14.3 Å². The number of carbonyl (C=O) groups is 2. The maximum absolute atomic E-state index is 12.3. The van der Waals surface area contributed by atoms with Crippen molar-refractivity contribution in [2.75, 3.05) is 13.7 Å². The molecule has 1 unspecified atom stereocenters. The summed E-state index contributed by atoms with van der Waals surface area (Å²) in [6, 6.07) is 15.3. The van der Waals surface area contributed by atoms with E-state index in [1.54, 1.807) is 7.11 Å². The van der Waals surface area contributed by atoms with Gasteiger partial charge in [-0.2, -0.15) is 0 Å². The first-order valence-corrected chi connectivity index (χ1v) is 8.71. The molecular formula is C21H26N2O3. The molecule has 0 aliphatic carbocycles. The predicted molar refractivity (Wildman–Crippen MR) is 102 cm³/mol. The van der Waals surface area contributed by atoms with Crippen molar-refractivity contribution in [3.63, 3.8) is 0 Å². The third kappa shape index (κ3) is 6.24. The van der Waals surface area contributed by atoms with Gasteiger partial charge in [-0.25, -0.2) is 0 Å². The highest BCUT2D eigenvalue weighted by atomic mass is 16.5. The SMILES string of the molecule is COc1ccc(CCNC(=O)CC(NC(C)=O)c2ccc(C)cc2)cc1. The van der Waals surface area contributed by atoms with Gasteiger partial charge in [0.25, 0.3) is 0 Å². The van der Waals surface area contributed by atoms with Crippen molar-refractivity contribution in [1.82, 2.24) is 10.6 Å². The lowest BCUT2D eigenvalue weighted by Gasteiger charge is -2.18. The molecule has 2 rings (SSSR count). The first-order valence-electron chi connectivity index (χ1n) is 8.71. The third-order valence-corrected chi connectivity index (χ3v) is 4.14. The highest BCUT2D eigenvalue weighted by molar-refractivity contribution is 5.79. The summed E-state index contributed by atoms with van der Waals surface area (Å²) in [5.74, 6) is 0.577. The van der Waals surface area contributed by atoms with Gasteiger partial charge in [0.15, 0.2) is 0 Å². The van der Waals surface area contributed by atoms with Crippen molar-refractivity contribution >= 4 is 11.8 Å². The second kappa shape index (κ2) is 9.61. The Bertz CT molecular complexity index is 724. The summed E-state index contributed by atoms with van der Waals surface area (Å²) >= 11 is 0. The Morgan fingerprint density at radius 3 is 2.27 bits per heavy atom. The van der Waals surface area contributed by atoms with Gasteiger partial charge < -0.3 is 15.4 Å². The van der Waals surface area contributed by atoms with Crippen LogP contribution in [0.25, 0.3) is 0 Å². The highest BCUT2D eigenvalue weighted by Crippen LogP contribution is 2.17. The second-order valence-corrected chi connectivity index (χ2v) is 6.32. The number of hydrogen-bond donors (Lipinski definition) is 2. The number of carbonyl (C=O) groups excluding carboxylic acids is 2. The number of rotatable bonds is 8. The van der Waals surface area contributed by atoms with Gasteiger partial charge in [-0.15, -0.1) is 0 Å². The quantitative estimate of drug-likeness (QED) is 0.766. The van der Waals surface area contributed by atoms with E-state index >= 15 is 0 Å². The lowest BCUT2D eigenvalue weighted by atomic mass is 10.0. The topological polar surface area (TPSA) is 67.4 Å². The fraction of sp³-hybridized carbons (Fsp3) is 0.333. The number of benzene rings is 2. The Hall–Kier alpha value is -2.82. The molecule has 0 spiro atoms. The van der Waals surface area contributed by atoms with Gasteiger partial charge in [0.2, 0.25) is 11.8 Å². The zero-order chi connectivity index (χ0) is 18.9. The van der Waals surface area contributed by atoms with Gasteiger partial charge >= 0.3 is 0 Å². The standard InChI is InChI=1S/C21H26N2O3/c1-15-4-8-18(9-5-15)20(23-16(2)24)14-21(25)22-13-12-17-6-10-19(26-3)11-7-17/h4-11,20H,12-14H2,1-3H3,(H,22,25)(H,23,24). The smallest absolute Gasteiger partial charge is 0.222 e. The minimum Gasteiger partial charge on any atom is -0.497 e. The van der Waals surface area contributed by atoms with E-state index in [1.807, 2.05) is 55.5 Å². The average molecular weight is 354 g/mol. The summed E-state index contributed by atoms with van der Waals surface area (Å²) in [7, 11) is 1.63. The maximum atomic E-state index is 12.3. The summed E-state index contributed by atoms with van der Waals surface area (Å²) in [6.07, 6.45) is 0.955. The van der Waals surface area contributed by atoms with Crippen molar-refractivity contribution in [2.24, 2.45) is 0 Å². The molecule has 0 heterocycles. The molecule has 0 aromatic heterocycles. The molecule has 2 aromatic rings. The van der Waals surface area contributed by atoms with Crippen LogP contribution >= 0.6 is 0 Å². The molecular weight excluding hydrogens is 328 g/mol. The summed E-state index contributed by atoms with van der Waals surface area (Å²) < 4.78 is 5.13. The van der Waals surface area contributed by atoms with Crippen LogP contribution in [0.2, 0.25) is 0 Å². The second-order valence-electron chi connectivity index (χ2n) is 6.32. The van der Waals surface area contributed by atoms with Crippen LogP contribution in [-0.2, 0) is 16.0 Å². The summed E-state index contributed by atoms with van der Waals surface area (Å²) in [6.45, 7) is 4.01. The van der Waals surface area contributed by atoms with Gasteiger partial charge in [-0.3, -0.25) is 9.59 Å². The average Bonchev–Trinajstić information content (AvgIpc) is 2.62. The molecule has 0 radical (unpaired) electrons. The van der Waals surface area contributed by atoms with Crippen LogP contribution in [0.4, 0.5) is 0 Å². The van der Waals surface area contributed by atoms with Gasteiger partial charge in [-0.05, 0) is 36.6 Å². The lowest BCUT2D eigenvalue weighted by Crippen LogP contribution is -2.33. The Kier molecular flexibility index (Phi) is 7.21. The highest BCUT2D eigenvalue weighted by Gasteiger charge is 2.16. The molecule has 1 atom stereocenters. The van der Waals surface area contributed by atoms with E-state index in [1.165, 1.54) is 6.92 Å². The van der Waals surface area contributed by atoms with E-state index in [0.717, 1.165) is 28.9 Å². The van der Waals surface area contributed by atoms with Crippen LogP contribution in [0, 0.1) is 6.92 Å². The largest absolute Gasteiger partial charge is 0.497 e. The Balaban J connectivity index is 1.87. The minimum atomic E-state index is -0.325. The van der Waals surface area contributed by atoms with Crippen LogP contribution in [0.5, 0.6) is 5.75 Å². The molecule has 138 valence electrons. The summed E-state index contributed by atoms with van der Waals surface area (Å²) in [5, 5.41) is 5.78. The fourth-order valence-electron chi connectivity index (χ4n) is 2.69. The van der Waals surface area contributed by atoms with Crippen LogP contribution < -0.4 is 15.4 Å². The van der Waals surface area contributed by atoms with E-state index in [2.05, 4.69) is 10.6 Å². The lowest BCUT2D eigenvalue weighted by molar-refractivity contribution is -0.122. The molecule has 2 amide bonds. The number of ether oxygens (including phenoxy) is 1. The van der Waals surface area contributed by atoms with Crippen LogP contribution in [-0.4, -0.2) is 25.5 Å². The first-order chi connectivity index (χ1) is 12.5. The Labute approximate surface area is 154 Å². The summed E-state index contributed by atoms with van der Waals surface area (Å²) in [4.78, 5) is 23.8. The molecule has 5 nitrogen and oxygen atoms in total. The van der Waals surface area contributed by atoms with E-state index in [9.17, 15) is 9.59 Å². The third-order valence-electron chi connectivity index (χ3n) is 4.14. The van der Waals surface area contributed by atoms with E-state index in [4.69, 9.17) is 4.74 Å². The van der Waals surface area contributed by atoms with Crippen LogP contribution in [0.1, 0.15) is 36.1 Å². The molecule has 2 aromatic carbocycles. The molecule has 0 saturated heterocycles. The van der Waals surface area contributed by atoms with Crippen LogP contribution in [0.3, 0.4) is 0 Å². The zero-order valence-electron chi connectivity index (χ0n) is 15.5. The Morgan fingerprint density at radius 2 is 1.69 bits per heavy atom. The molecule has 0 fully saturated rings. The molecule has 0 bridgehead atoms. The van der Waals surface area contributed by atoms with Gasteiger partial charge in [0, 0.05) is 13.5 Å². The number of aryl methyl sites for hydroxylation is 1. The van der Waals surface area contributed by atoms with E-state index in [-0.39, 0.29) is 24.3 Å². The molecule has 0 saturated carbocycles. The van der Waals surface area contributed by atoms with Gasteiger partial charge in [-0.1, -0.05) is 42.0 Å². The number of nitrogens with one attached hydrogen (secondary N) is 2. The van der Waals surface area contributed by atoms with Gasteiger partial charge in [0.05, 0.1) is 19.6 Å². The zero-order valence-corrected chi connectivity index (χ0v) is 15.5. The molecule has 2 N–H and O–H groups in total. The molecule has 5 heteroatoms. The maximum Gasteiger partial charge on any atom is 0.222 e. The van der Waals surface area contributed by atoms with Gasteiger partial charge in [0.1, 0.15) is 5.75 Å². The minimum absolute atomic E-state index is 0.0853. The molecule has 0 aliphatic rings. The Morgan fingerprint density at radius 1 is 1.04 bits per heavy atom. The van der Waals surface area contributed by atoms with E-state index in [0.29, 0.717) is 6.54 Å².